The summed E-state index contributed by atoms with van der Waals surface area (Å²) >= 11 is 1.41. The molecule has 9 nitrogen and oxygen atoms in total. The van der Waals surface area contributed by atoms with Crippen LogP contribution in [0.3, 0.4) is 0 Å². The van der Waals surface area contributed by atoms with Crippen LogP contribution in [-0.4, -0.2) is 32.3 Å². The Bertz CT molecular complexity index is 1170. The van der Waals surface area contributed by atoms with E-state index in [0.717, 1.165) is 11.1 Å². The van der Waals surface area contributed by atoms with E-state index in [1.807, 2.05) is 37.3 Å². The Hall–Kier alpha value is -3.66. The first kappa shape index (κ1) is 21.6. The standard InChI is InChI=1S/C22H21N5O4S/c1-3-31-20(28)18-14(2)23-21-24-22(25-26(21)19(18)16-7-5-4-6-8-16)32-13-15-9-11-17(12-10-15)27(29)30/h4-12,19H,3,13H2,1-2H3,(H,23,24,25). The number of nitrogens with one attached hydrogen (secondary N) is 1. The van der Waals surface area contributed by atoms with Gasteiger partial charge in [-0.05, 0) is 25.0 Å². The number of hydrogen-bond donors (Lipinski definition) is 1. The molecule has 0 saturated heterocycles. The van der Waals surface area contributed by atoms with Gasteiger partial charge in [-0.2, -0.15) is 4.98 Å². The number of esters is 1. The van der Waals surface area contributed by atoms with E-state index in [9.17, 15) is 14.9 Å². The monoisotopic (exact) mass is 451 g/mol. The smallest absolute Gasteiger partial charge is 0.338 e. The fourth-order valence-corrected chi connectivity index (χ4v) is 4.26. The topological polar surface area (TPSA) is 112 Å². The number of hydrogen-bond acceptors (Lipinski definition) is 8. The van der Waals surface area contributed by atoms with Gasteiger partial charge in [-0.25, -0.2) is 9.48 Å². The zero-order valence-corrected chi connectivity index (χ0v) is 18.3. The number of carbonyl (C=O) groups excluding carboxylic acids is 1. The molecule has 0 aliphatic carbocycles. The normalized spacial score (nSPS) is 15.1. The molecule has 164 valence electrons. The third kappa shape index (κ3) is 4.35. The number of thioether (sulfide) groups is 1. The number of nitrogens with zero attached hydrogens (tertiary/aromatic N) is 4. The van der Waals surface area contributed by atoms with Crippen molar-refractivity contribution in [2.24, 2.45) is 0 Å². The SMILES string of the molecule is CCOC(=O)C1=C(C)Nc2nc(SCc3ccc([N+](=O)[O-])cc3)nn2C1c1ccccc1. The summed E-state index contributed by atoms with van der Waals surface area (Å²) in [5.41, 5.74) is 3.03. The van der Waals surface area contributed by atoms with E-state index >= 15 is 0 Å². The molecule has 1 aliphatic heterocycles. The van der Waals surface area contributed by atoms with Crippen molar-refractivity contribution < 1.29 is 14.5 Å². The Kier molecular flexibility index (Phi) is 6.22. The van der Waals surface area contributed by atoms with Crippen molar-refractivity contribution in [1.82, 2.24) is 14.8 Å². The molecule has 1 unspecified atom stereocenters. The lowest BCUT2D eigenvalue weighted by Gasteiger charge is -2.28. The minimum absolute atomic E-state index is 0.0530. The van der Waals surface area contributed by atoms with Crippen LogP contribution < -0.4 is 5.32 Å². The van der Waals surface area contributed by atoms with Gasteiger partial charge in [0.2, 0.25) is 11.1 Å². The molecule has 0 fully saturated rings. The molecule has 3 aromatic rings. The molecule has 0 radical (unpaired) electrons. The minimum atomic E-state index is -0.465. The first-order chi connectivity index (χ1) is 15.5. The second kappa shape index (κ2) is 9.23. The number of fused-ring (bicyclic) bond motifs is 1. The fraction of sp³-hybridized carbons (Fsp3) is 0.227. The summed E-state index contributed by atoms with van der Waals surface area (Å²) in [6, 6.07) is 15.6. The first-order valence-corrected chi connectivity index (χ1v) is 11.0. The average molecular weight is 452 g/mol. The number of benzene rings is 2. The molecule has 32 heavy (non-hydrogen) atoms. The molecule has 0 amide bonds. The van der Waals surface area contributed by atoms with Gasteiger partial charge in [0.25, 0.3) is 5.69 Å². The number of anilines is 1. The fourth-order valence-electron chi connectivity index (χ4n) is 3.47. The average Bonchev–Trinajstić information content (AvgIpc) is 3.20. The summed E-state index contributed by atoms with van der Waals surface area (Å²) in [6.45, 7) is 3.87. The van der Waals surface area contributed by atoms with Crippen LogP contribution in [0.5, 0.6) is 0 Å². The van der Waals surface area contributed by atoms with Crippen LogP contribution in [0.1, 0.15) is 31.0 Å². The van der Waals surface area contributed by atoms with Crippen LogP contribution in [-0.2, 0) is 15.3 Å². The molecular formula is C22H21N5O4S. The highest BCUT2D eigenvalue weighted by Gasteiger charge is 2.35. The Morgan fingerprint density at radius 1 is 1.22 bits per heavy atom. The van der Waals surface area contributed by atoms with E-state index in [4.69, 9.17) is 4.74 Å². The summed E-state index contributed by atoms with van der Waals surface area (Å²) in [4.78, 5) is 27.8. The Balaban J connectivity index is 1.62. The summed E-state index contributed by atoms with van der Waals surface area (Å²) < 4.78 is 7.01. The lowest BCUT2D eigenvalue weighted by molar-refractivity contribution is -0.384. The molecule has 0 spiro atoms. The van der Waals surface area contributed by atoms with Gasteiger partial charge in [0.15, 0.2) is 0 Å². The first-order valence-electron chi connectivity index (χ1n) is 10.0. The van der Waals surface area contributed by atoms with Crippen LogP contribution in [0.25, 0.3) is 0 Å². The van der Waals surface area contributed by atoms with Crippen molar-refractivity contribution in [2.45, 2.75) is 30.8 Å². The van der Waals surface area contributed by atoms with Gasteiger partial charge in [0.05, 0.1) is 17.1 Å². The third-order valence-electron chi connectivity index (χ3n) is 4.96. The number of ether oxygens (including phenoxy) is 1. The number of rotatable bonds is 7. The predicted molar refractivity (Wildman–Crippen MR) is 120 cm³/mol. The van der Waals surface area contributed by atoms with E-state index < -0.39 is 16.9 Å². The van der Waals surface area contributed by atoms with Gasteiger partial charge in [-0.1, -0.05) is 54.2 Å². The summed E-state index contributed by atoms with van der Waals surface area (Å²) in [7, 11) is 0. The molecule has 2 aromatic carbocycles. The van der Waals surface area contributed by atoms with Crippen LogP contribution in [0.4, 0.5) is 11.6 Å². The molecule has 4 rings (SSSR count). The summed E-state index contributed by atoms with van der Waals surface area (Å²) in [5, 5.41) is 19.2. The van der Waals surface area contributed by atoms with Gasteiger partial charge >= 0.3 is 5.97 Å². The zero-order chi connectivity index (χ0) is 22.7. The molecule has 1 N–H and O–H groups in total. The molecule has 2 heterocycles. The number of nitro groups is 1. The summed E-state index contributed by atoms with van der Waals surface area (Å²) in [5.74, 6) is 0.692. The largest absolute Gasteiger partial charge is 0.463 e. The minimum Gasteiger partial charge on any atom is -0.463 e. The maximum absolute atomic E-state index is 12.8. The maximum Gasteiger partial charge on any atom is 0.338 e. The number of aromatic nitrogens is 3. The van der Waals surface area contributed by atoms with Crippen molar-refractivity contribution in [3.8, 4) is 0 Å². The van der Waals surface area contributed by atoms with Crippen molar-refractivity contribution in [3.63, 3.8) is 0 Å². The Morgan fingerprint density at radius 3 is 2.59 bits per heavy atom. The number of non-ortho nitro benzene ring substituents is 1. The van der Waals surface area contributed by atoms with Crippen LogP contribution in [0.15, 0.2) is 71.0 Å². The zero-order valence-electron chi connectivity index (χ0n) is 17.5. The van der Waals surface area contributed by atoms with Gasteiger partial charge < -0.3 is 10.1 Å². The molecule has 1 aromatic heterocycles. The van der Waals surface area contributed by atoms with Crippen LogP contribution in [0, 0.1) is 10.1 Å². The number of carbonyl (C=O) groups is 1. The quantitative estimate of drug-likeness (QED) is 0.244. The second-order valence-electron chi connectivity index (χ2n) is 7.07. The lowest BCUT2D eigenvalue weighted by Crippen LogP contribution is -2.29. The number of allylic oxidation sites excluding steroid dienone is 1. The highest BCUT2D eigenvalue weighted by molar-refractivity contribution is 7.98. The van der Waals surface area contributed by atoms with E-state index in [-0.39, 0.29) is 12.3 Å². The Morgan fingerprint density at radius 2 is 1.94 bits per heavy atom. The lowest BCUT2D eigenvalue weighted by atomic mass is 9.96. The van der Waals surface area contributed by atoms with Crippen LogP contribution >= 0.6 is 11.8 Å². The van der Waals surface area contributed by atoms with Gasteiger partial charge in [-0.15, -0.1) is 5.10 Å². The van der Waals surface area contributed by atoms with Crippen molar-refractivity contribution >= 4 is 29.4 Å². The van der Waals surface area contributed by atoms with Crippen LogP contribution in [0.2, 0.25) is 0 Å². The maximum atomic E-state index is 12.8. The predicted octanol–water partition coefficient (Wildman–Crippen LogP) is 4.33. The van der Waals surface area contributed by atoms with Gasteiger partial charge in [0.1, 0.15) is 6.04 Å². The van der Waals surface area contributed by atoms with Crippen molar-refractivity contribution in [1.29, 1.82) is 0 Å². The molecule has 1 atom stereocenters. The van der Waals surface area contributed by atoms with Gasteiger partial charge in [0, 0.05) is 23.6 Å². The third-order valence-corrected chi connectivity index (χ3v) is 5.87. The Labute approximate surface area is 188 Å². The van der Waals surface area contributed by atoms with Crippen molar-refractivity contribution in [3.05, 3.63) is 87.1 Å². The molecule has 1 aliphatic rings. The van der Waals surface area contributed by atoms with E-state index in [0.29, 0.717) is 28.1 Å². The van der Waals surface area contributed by atoms with E-state index in [1.54, 1.807) is 23.7 Å². The molecule has 0 bridgehead atoms. The molecular weight excluding hydrogens is 430 g/mol. The number of nitro benzene ring substituents is 1. The van der Waals surface area contributed by atoms with Crippen molar-refractivity contribution in [2.75, 3.05) is 11.9 Å². The molecule has 0 saturated carbocycles. The highest BCUT2D eigenvalue weighted by Crippen LogP contribution is 2.37. The molecule has 10 heteroatoms. The van der Waals surface area contributed by atoms with E-state index in [2.05, 4.69) is 15.4 Å². The highest BCUT2D eigenvalue weighted by atomic mass is 32.2. The summed E-state index contributed by atoms with van der Waals surface area (Å²) in [6.07, 6.45) is 0. The van der Waals surface area contributed by atoms with Gasteiger partial charge in [-0.3, -0.25) is 10.1 Å². The van der Waals surface area contributed by atoms with E-state index in [1.165, 1.54) is 23.9 Å². The second-order valence-corrected chi connectivity index (χ2v) is 8.01.